The maximum Gasteiger partial charge on any atom is 0.328 e. The molecular weight excluding hydrogens is 270 g/mol. The maximum absolute atomic E-state index is 11.9. The summed E-state index contributed by atoms with van der Waals surface area (Å²) in [6.45, 7) is 7.46. The van der Waals surface area contributed by atoms with Crippen LogP contribution in [0.5, 0.6) is 5.75 Å². The number of aryl methyl sites for hydroxylation is 2. The standard InChI is InChI=1S/C16H23NO4/c1-10(2)15(16(19)20-5)17-14(18)9-21-13-7-6-11(3)8-12(13)4/h6-8,10,15H,9H2,1-5H3,(H,17,18). The number of hydrogen-bond donors (Lipinski definition) is 1. The fraction of sp³-hybridized carbons (Fsp3) is 0.500. The van der Waals surface area contributed by atoms with Gasteiger partial charge in [0.15, 0.2) is 6.61 Å². The zero-order valence-electron chi connectivity index (χ0n) is 13.2. The van der Waals surface area contributed by atoms with Crippen LogP contribution in [0.25, 0.3) is 0 Å². The number of esters is 1. The SMILES string of the molecule is COC(=O)C(NC(=O)COc1ccc(C)cc1C)C(C)C. The Kier molecular flexibility index (Phi) is 6.21. The molecule has 0 bridgehead atoms. The van der Waals surface area contributed by atoms with Gasteiger partial charge in [0, 0.05) is 0 Å². The highest BCUT2D eigenvalue weighted by Crippen LogP contribution is 2.18. The zero-order valence-corrected chi connectivity index (χ0v) is 13.2. The average molecular weight is 293 g/mol. The normalized spacial score (nSPS) is 11.9. The van der Waals surface area contributed by atoms with E-state index in [2.05, 4.69) is 10.1 Å². The molecule has 5 nitrogen and oxygen atoms in total. The Morgan fingerprint density at radius 2 is 1.90 bits per heavy atom. The van der Waals surface area contributed by atoms with Crippen LogP contribution in [-0.2, 0) is 14.3 Å². The number of carbonyl (C=O) groups excluding carboxylic acids is 2. The van der Waals surface area contributed by atoms with Gasteiger partial charge in [-0.3, -0.25) is 4.79 Å². The minimum absolute atomic E-state index is 0.0532. The molecule has 0 saturated heterocycles. The lowest BCUT2D eigenvalue weighted by Gasteiger charge is -2.20. The molecule has 21 heavy (non-hydrogen) atoms. The van der Waals surface area contributed by atoms with Crippen molar-refractivity contribution in [1.82, 2.24) is 5.32 Å². The number of methoxy groups -OCH3 is 1. The second kappa shape index (κ2) is 7.67. The van der Waals surface area contributed by atoms with Crippen molar-refractivity contribution in [2.45, 2.75) is 33.7 Å². The highest BCUT2D eigenvalue weighted by molar-refractivity contribution is 5.85. The molecule has 0 aromatic heterocycles. The van der Waals surface area contributed by atoms with E-state index in [1.807, 2.05) is 45.9 Å². The van der Waals surface area contributed by atoms with Crippen molar-refractivity contribution in [3.63, 3.8) is 0 Å². The Hall–Kier alpha value is -2.04. The maximum atomic E-state index is 11.9. The van der Waals surface area contributed by atoms with Gasteiger partial charge in [-0.15, -0.1) is 0 Å². The van der Waals surface area contributed by atoms with Crippen LogP contribution in [0.3, 0.4) is 0 Å². The van der Waals surface area contributed by atoms with Gasteiger partial charge in [-0.05, 0) is 31.4 Å². The number of carbonyl (C=O) groups is 2. The van der Waals surface area contributed by atoms with Gasteiger partial charge in [0.2, 0.25) is 0 Å². The van der Waals surface area contributed by atoms with E-state index in [0.717, 1.165) is 11.1 Å². The first-order valence-electron chi connectivity index (χ1n) is 6.92. The molecular formula is C16H23NO4. The topological polar surface area (TPSA) is 64.6 Å². The van der Waals surface area contributed by atoms with E-state index in [0.29, 0.717) is 5.75 Å². The van der Waals surface area contributed by atoms with E-state index in [1.54, 1.807) is 0 Å². The van der Waals surface area contributed by atoms with E-state index in [1.165, 1.54) is 7.11 Å². The first-order chi connectivity index (χ1) is 9.85. The molecule has 0 saturated carbocycles. The number of ether oxygens (including phenoxy) is 2. The third-order valence-corrected chi connectivity index (χ3v) is 3.13. The molecule has 1 rings (SSSR count). The van der Waals surface area contributed by atoms with Crippen LogP contribution in [0, 0.1) is 19.8 Å². The molecule has 1 N–H and O–H groups in total. The van der Waals surface area contributed by atoms with E-state index in [-0.39, 0.29) is 18.4 Å². The van der Waals surface area contributed by atoms with Gasteiger partial charge < -0.3 is 14.8 Å². The van der Waals surface area contributed by atoms with Crippen LogP contribution in [0.4, 0.5) is 0 Å². The predicted molar refractivity (Wildman–Crippen MR) is 80.2 cm³/mol. The van der Waals surface area contributed by atoms with Crippen LogP contribution >= 0.6 is 0 Å². The molecule has 1 aromatic carbocycles. The summed E-state index contributed by atoms with van der Waals surface area (Å²) in [6.07, 6.45) is 0. The average Bonchev–Trinajstić information content (AvgIpc) is 2.42. The molecule has 1 amide bonds. The predicted octanol–water partition coefficient (Wildman–Crippen LogP) is 2.00. The van der Waals surface area contributed by atoms with Crippen LogP contribution in [0.2, 0.25) is 0 Å². The molecule has 0 heterocycles. The molecule has 116 valence electrons. The van der Waals surface area contributed by atoms with E-state index in [9.17, 15) is 9.59 Å². The van der Waals surface area contributed by atoms with Crippen molar-refractivity contribution >= 4 is 11.9 Å². The zero-order chi connectivity index (χ0) is 16.0. The van der Waals surface area contributed by atoms with E-state index < -0.39 is 12.0 Å². The van der Waals surface area contributed by atoms with Gasteiger partial charge in [-0.25, -0.2) is 4.79 Å². The molecule has 0 aliphatic rings. The largest absolute Gasteiger partial charge is 0.484 e. The lowest BCUT2D eigenvalue weighted by Crippen LogP contribution is -2.46. The van der Waals surface area contributed by atoms with Crippen molar-refractivity contribution in [2.24, 2.45) is 5.92 Å². The molecule has 1 aromatic rings. The van der Waals surface area contributed by atoms with Crippen LogP contribution in [-0.4, -0.2) is 31.6 Å². The summed E-state index contributed by atoms with van der Waals surface area (Å²) in [5.41, 5.74) is 2.10. The third-order valence-electron chi connectivity index (χ3n) is 3.13. The highest BCUT2D eigenvalue weighted by Gasteiger charge is 2.24. The molecule has 0 radical (unpaired) electrons. The Labute approximate surface area is 125 Å². The van der Waals surface area contributed by atoms with Gasteiger partial charge in [-0.1, -0.05) is 31.5 Å². The quantitative estimate of drug-likeness (QED) is 0.815. The second-order valence-corrected chi connectivity index (χ2v) is 5.37. The van der Waals surface area contributed by atoms with Crippen molar-refractivity contribution in [3.05, 3.63) is 29.3 Å². The monoisotopic (exact) mass is 293 g/mol. The Morgan fingerprint density at radius 3 is 2.43 bits per heavy atom. The summed E-state index contributed by atoms with van der Waals surface area (Å²) in [7, 11) is 1.30. The highest BCUT2D eigenvalue weighted by atomic mass is 16.5. The Morgan fingerprint density at radius 1 is 1.24 bits per heavy atom. The van der Waals surface area contributed by atoms with E-state index >= 15 is 0 Å². The fourth-order valence-electron chi connectivity index (χ4n) is 1.94. The Bertz CT molecular complexity index is 511. The number of nitrogens with one attached hydrogen (secondary N) is 1. The van der Waals surface area contributed by atoms with E-state index in [4.69, 9.17) is 4.74 Å². The number of rotatable bonds is 6. The van der Waals surface area contributed by atoms with Crippen molar-refractivity contribution in [3.8, 4) is 5.75 Å². The lowest BCUT2D eigenvalue weighted by atomic mass is 10.0. The molecule has 0 spiro atoms. The van der Waals surface area contributed by atoms with Crippen LogP contribution in [0.15, 0.2) is 18.2 Å². The summed E-state index contributed by atoms with van der Waals surface area (Å²) >= 11 is 0. The molecule has 1 atom stereocenters. The van der Waals surface area contributed by atoms with Crippen LogP contribution in [0.1, 0.15) is 25.0 Å². The second-order valence-electron chi connectivity index (χ2n) is 5.37. The minimum Gasteiger partial charge on any atom is -0.484 e. The van der Waals surface area contributed by atoms with Gasteiger partial charge in [0.1, 0.15) is 11.8 Å². The summed E-state index contributed by atoms with van der Waals surface area (Å²) in [6, 6.07) is 5.08. The van der Waals surface area contributed by atoms with Crippen molar-refractivity contribution in [1.29, 1.82) is 0 Å². The molecule has 0 aliphatic carbocycles. The summed E-state index contributed by atoms with van der Waals surface area (Å²) < 4.78 is 10.2. The Balaban J connectivity index is 2.58. The fourth-order valence-corrected chi connectivity index (χ4v) is 1.94. The van der Waals surface area contributed by atoms with Gasteiger partial charge in [0.25, 0.3) is 5.91 Å². The number of benzene rings is 1. The minimum atomic E-state index is -0.662. The summed E-state index contributed by atoms with van der Waals surface area (Å²) in [4.78, 5) is 23.5. The molecule has 0 fully saturated rings. The number of hydrogen-bond acceptors (Lipinski definition) is 4. The van der Waals surface area contributed by atoms with Crippen molar-refractivity contribution in [2.75, 3.05) is 13.7 Å². The molecule has 1 unspecified atom stereocenters. The van der Waals surface area contributed by atoms with Gasteiger partial charge >= 0.3 is 5.97 Å². The van der Waals surface area contributed by atoms with Gasteiger partial charge in [0.05, 0.1) is 7.11 Å². The number of amides is 1. The molecule has 5 heteroatoms. The third kappa shape index (κ3) is 5.10. The van der Waals surface area contributed by atoms with Gasteiger partial charge in [-0.2, -0.15) is 0 Å². The van der Waals surface area contributed by atoms with Crippen molar-refractivity contribution < 1.29 is 19.1 Å². The van der Waals surface area contributed by atoms with Crippen LogP contribution < -0.4 is 10.1 Å². The first-order valence-corrected chi connectivity index (χ1v) is 6.92. The summed E-state index contributed by atoms with van der Waals surface area (Å²) in [5, 5.41) is 2.63. The first kappa shape index (κ1) is 17.0. The lowest BCUT2D eigenvalue weighted by molar-refractivity contribution is -0.146. The smallest absolute Gasteiger partial charge is 0.328 e. The molecule has 0 aliphatic heterocycles. The summed E-state index contributed by atoms with van der Waals surface area (Å²) in [5.74, 6) is -0.193.